The van der Waals surface area contributed by atoms with Gasteiger partial charge in [0.15, 0.2) is 0 Å². The Kier molecular flexibility index (Phi) is 17.1. The zero-order chi connectivity index (χ0) is 45.9. The standard InChI is InChI=1S/C58H84N2O6/c1-57-37-35-47-45-29-25-43(61)39-41(45)23-27-49(47)51(57)31-33-53(57)59-65-55(63)21-19-17-15-13-11-9-7-5-3-4-6-8-10-12-14-16-18-20-22-56(64)66-60-54-34-32-52-50-28-24-42-40-44(62)26-30-46(42)48(50)36-38-58(52,54)2/h25-26,29-30,39-40,47-52,61-62H,3-24,27-28,31-38H2,1-2H3/b59-53-,60-54-/t47-,48-,49-,50-,51+,52+,57+,58+/m1/s1. The van der Waals surface area contributed by atoms with Crippen molar-refractivity contribution < 1.29 is 29.5 Å². The van der Waals surface area contributed by atoms with E-state index in [1.807, 2.05) is 24.3 Å². The monoisotopic (exact) mass is 905 g/mol. The van der Waals surface area contributed by atoms with Crippen LogP contribution in [-0.4, -0.2) is 33.6 Å². The highest BCUT2D eigenvalue weighted by molar-refractivity contribution is 5.93. The third kappa shape index (κ3) is 11.6. The van der Waals surface area contributed by atoms with Gasteiger partial charge in [-0.2, -0.15) is 0 Å². The minimum absolute atomic E-state index is 0.0369. The smallest absolute Gasteiger partial charge is 0.335 e. The minimum atomic E-state index is -0.173. The maximum atomic E-state index is 12.6. The van der Waals surface area contributed by atoms with Gasteiger partial charge < -0.3 is 19.9 Å². The van der Waals surface area contributed by atoms with E-state index >= 15 is 0 Å². The molecule has 0 heterocycles. The Bertz CT molecular complexity index is 1870. The van der Waals surface area contributed by atoms with Crippen LogP contribution in [0, 0.1) is 34.5 Å². The van der Waals surface area contributed by atoms with E-state index in [0.29, 0.717) is 59.8 Å². The average Bonchev–Trinajstić information content (AvgIpc) is 3.84. The summed E-state index contributed by atoms with van der Waals surface area (Å²) >= 11 is 0. The molecule has 4 saturated carbocycles. The number of phenolic OH excluding ortho intramolecular Hbond substituents is 2. The van der Waals surface area contributed by atoms with Crippen molar-refractivity contribution in [1.82, 2.24) is 0 Å². The first-order valence-electron chi connectivity index (χ1n) is 27.3. The van der Waals surface area contributed by atoms with Crippen LogP contribution in [0.2, 0.25) is 0 Å². The molecular weight excluding hydrogens is 821 g/mol. The first-order valence-corrected chi connectivity index (χ1v) is 27.3. The Labute approximate surface area is 397 Å². The van der Waals surface area contributed by atoms with Crippen LogP contribution in [0.4, 0.5) is 0 Å². The zero-order valence-electron chi connectivity index (χ0n) is 41.0. The highest BCUT2D eigenvalue weighted by Gasteiger charge is 2.55. The molecule has 0 saturated heterocycles. The molecule has 0 aliphatic heterocycles. The summed E-state index contributed by atoms with van der Waals surface area (Å²) in [5, 5.41) is 29.0. The van der Waals surface area contributed by atoms with E-state index in [-0.39, 0.29) is 22.8 Å². The highest BCUT2D eigenvalue weighted by atomic mass is 16.7. The van der Waals surface area contributed by atoms with Crippen LogP contribution in [0.15, 0.2) is 46.7 Å². The second-order valence-corrected chi connectivity index (χ2v) is 22.5. The van der Waals surface area contributed by atoms with Crippen molar-refractivity contribution in [3.63, 3.8) is 0 Å². The average molecular weight is 905 g/mol. The molecule has 66 heavy (non-hydrogen) atoms. The van der Waals surface area contributed by atoms with Gasteiger partial charge in [-0.15, -0.1) is 0 Å². The van der Waals surface area contributed by atoms with E-state index in [2.05, 4.69) is 36.3 Å². The molecule has 0 radical (unpaired) electrons. The number of nitrogens with zero attached hydrogens (tertiary/aromatic N) is 2. The van der Waals surface area contributed by atoms with E-state index in [4.69, 9.17) is 9.68 Å². The predicted octanol–water partition coefficient (Wildman–Crippen LogP) is 15.1. The second kappa shape index (κ2) is 23.1. The fraction of sp³-hybridized carbons (Fsp3) is 0.724. The molecule has 2 aromatic rings. The number of unbranched alkanes of at least 4 members (excludes halogenated alkanes) is 17. The molecule has 0 bridgehead atoms. The van der Waals surface area contributed by atoms with Crippen LogP contribution in [0.1, 0.15) is 241 Å². The molecular formula is C58H84N2O6. The van der Waals surface area contributed by atoms with E-state index < -0.39 is 0 Å². The number of aromatic hydroxyl groups is 2. The fourth-order valence-corrected chi connectivity index (χ4v) is 14.7. The number of carbonyl (C=O) groups is 2. The molecule has 6 aliphatic carbocycles. The lowest BCUT2D eigenvalue weighted by atomic mass is 9.55. The number of hydrogen-bond donors (Lipinski definition) is 2. The van der Waals surface area contributed by atoms with Gasteiger partial charge in [-0.3, -0.25) is 0 Å². The summed E-state index contributed by atoms with van der Waals surface area (Å²) in [5.41, 5.74) is 7.85. The van der Waals surface area contributed by atoms with Crippen LogP contribution >= 0.6 is 0 Å². The SMILES string of the molecule is C[C@]12CC[C@@H]3c4ccc(O)cc4CC[C@H]3[C@@H]1CC/C2=N/OC(=O)CCCCCCCCCCCCCCCCCCCCC(=O)O/N=C1/CC[C@H]2[C@@H]3CCc4cc(O)ccc4[C@H]3CC[C@]12C. The summed E-state index contributed by atoms with van der Waals surface area (Å²) in [6.07, 6.45) is 36.2. The van der Waals surface area contributed by atoms with Crippen molar-refractivity contribution >= 4 is 23.4 Å². The van der Waals surface area contributed by atoms with Gasteiger partial charge in [0, 0.05) is 23.7 Å². The van der Waals surface area contributed by atoms with Crippen molar-refractivity contribution in [3.8, 4) is 11.5 Å². The third-order valence-electron chi connectivity index (χ3n) is 18.4. The van der Waals surface area contributed by atoms with E-state index in [9.17, 15) is 19.8 Å². The Morgan fingerprint density at radius 3 is 1.21 bits per heavy atom. The molecule has 2 aromatic carbocycles. The van der Waals surface area contributed by atoms with Crippen molar-refractivity contribution in [3.05, 3.63) is 58.7 Å². The van der Waals surface area contributed by atoms with Crippen LogP contribution in [0.3, 0.4) is 0 Å². The van der Waals surface area contributed by atoms with Crippen LogP contribution in [0.25, 0.3) is 0 Å². The minimum Gasteiger partial charge on any atom is -0.508 e. The zero-order valence-corrected chi connectivity index (χ0v) is 41.0. The van der Waals surface area contributed by atoms with Gasteiger partial charge in [0.25, 0.3) is 0 Å². The Balaban J connectivity index is 0.572. The van der Waals surface area contributed by atoms with Gasteiger partial charge in [-0.05, 0) is 172 Å². The molecule has 0 spiro atoms. The van der Waals surface area contributed by atoms with Gasteiger partial charge in [0.05, 0.1) is 11.4 Å². The number of benzene rings is 2. The number of carbonyl (C=O) groups excluding carboxylic acids is 2. The maximum absolute atomic E-state index is 12.6. The van der Waals surface area contributed by atoms with E-state index in [0.717, 1.165) is 101 Å². The first kappa shape index (κ1) is 48.8. The lowest BCUT2D eigenvalue weighted by Gasteiger charge is -2.49. The van der Waals surface area contributed by atoms with Gasteiger partial charge in [0.1, 0.15) is 11.5 Å². The number of oxime groups is 2. The van der Waals surface area contributed by atoms with Crippen molar-refractivity contribution in [1.29, 1.82) is 0 Å². The molecule has 8 heteroatoms. The van der Waals surface area contributed by atoms with Gasteiger partial charge in [-0.25, -0.2) is 9.59 Å². The molecule has 2 N–H and O–H groups in total. The molecule has 8 atom stereocenters. The number of aryl methyl sites for hydroxylation is 2. The van der Waals surface area contributed by atoms with Crippen molar-refractivity contribution in [2.75, 3.05) is 0 Å². The van der Waals surface area contributed by atoms with Crippen molar-refractivity contribution in [2.45, 2.75) is 231 Å². The first-order chi connectivity index (χ1) is 32.1. The molecule has 0 unspecified atom stereocenters. The third-order valence-corrected chi connectivity index (χ3v) is 18.4. The van der Waals surface area contributed by atoms with Crippen LogP contribution in [0.5, 0.6) is 11.5 Å². The molecule has 0 amide bonds. The van der Waals surface area contributed by atoms with Gasteiger partial charge in [-0.1, -0.05) is 139 Å². The van der Waals surface area contributed by atoms with Crippen LogP contribution < -0.4 is 0 Å². The highest BCUT2D eigenvalue weighted by Crippen LogP contribution is 2.61. The molecule has 8 rings (SSSR count). The molecule has 0 aromatic heterocycles. The summed E-state index contributed by atoms with van der Waals surface area (Å²) in [6, 6.07) is 12.0. The predicted molar refractivity (Wildman–Crippen MR) is 265 cm³/mol. The Morgan fingerprint density at radius 2 is 0.848 bits per heavy atom. The Morgan fingerprint density at radius 1 is 0.500 bits per heavy atom. The van der Waals surface area contributed by atoms with Crippen molar-refractivity contribution in [2.24, 2.45) is 44.8 Å². The quantitative estimate of drug-likeness (QED) is 0.0651. The summed E-state index contributed by atoms with van der Waals surface area (Å²) in [4.78, 5) is 36.3. The molecule has 4 fully saturated rings. The second-order valence-electron chi connectivity index (χ2n) is 22.5. The maximum Gasteiger partial charge on any atom is 0.335 e. The topological polar surface area (TPSA) is 118 Å². The summed E-state index contributed by atoms with van der Waals surface area (Å²) < 4.78 is 0. The van der Waals surface area contributed by atoms with Gasteiger partial charge in [0.2, 0.25) is 0 Å². The fourth-order valence-electron chi connectivity index (χ4n) is 14.7. The normalized spacial score (nSPS) is 29.7. The van der Waals surface area contributed by atoms with Crippen LogP contribution in [-0.2, 0) is 32.1 Å². The van der Waals surface area contributed by atoms with E-state index in [1.165, 1.54) is 125 Å². The summed E-state index contributed by atoms with van der Waals surface area (Å²) in [7, 11) is 0. The Hall–Kier alpha value is -3.68. The van der Waals surface area contributed by atoms with E-state index in [1.54, 1.807) is 0 Å². The largest absolute Gasteiger partial charge is 0.508 e. The lowest BCUT2D eigenvalue weighted by molar-refractivity contribution is -0.144. The lowest BCUT2D eigenvalue weighted by Crippen LogP contribution is -2.42. The number of phenols is 2. The molecule has 6 aliphatic rings. The number of hydrogen-bond acceptors (Lipinski definition) is 8. The van der Waals surface area contributed by atoms with Gasteiger partial charge >= 0.3 is 11.9 Å². The summed E-state index contributed by atoms with van der Waals surface area (Å²) in [6.45, 7) is 4.74. The number of fused-ring (bicyclic) bond motifs is 10. The molecule has 362 valence electrons. The number of rotatable bonds is 23. The molecule has 8 nitrogen and oxygen atoms in total. The summed E-state index contributed by atoms with van der Waals surface area (Å²) in [5.74, 6) is 4.05.